The number of aromatic nitrogens is 1. The van der Waals surface area contributed by atoms with Crippen LogP contribution in [-0.4, -0.2) is 92.8 Å². The molecule has 0 bridgehead atoms. The highest BCUT2D eigenvalue weighted by atomic mass is 16.6. The molecule has 52 heavy (non-hydrogen) atoms. The Morgan fingerprint density at radius 3 is 2.15 bits per heavy atom. The van der Waals surface area contributed by atoms with E-state index in [-0.39, 0.29) is 29.8 Å². The minimum Gasteiger partial charge on any atom is -0.444 e. The Kier molecular flexibility index (Phi) is 11.5. The highest BCUT2D eigenvalue weighted by molar-refractivity contribution is 6.00. The summed E-state index contributed by atoms with van der Waals surface area (Å²) in [5.74, 6) is 0.557. The van der Waals surface area contributed by atoms with Gasteiger partial charge in [0.15, 0.2) is 0 Å². The van der Waals surface area contributed by atoms with Crippen LogP contribution in [0.4, 0.5) is 4.79 Å². The normalized spacial score (nSPS) is 23.4. The number of carbonyl (C=O) groups excluding carboxylic acids is 3. The summed E-state index contributed by atoms with van der Waals surface area (Å²) >= 11 is 0. The van der Waals surface area contributed by atoms with Crippen molar-refractivity contribution in [1.82, 2.24) is 19.3 Å². The molecular formula is C42H60N4O6. The van der Waals surface area contributed by atoms with Crippen molar-refractivity contribution in [2.45, 2.75) is 122 Å². The van der Waals surface area contributed by atoms with Gasteiger partial charge in [0.1, 0.15) is 5.60 Å². The molecule has 1 aromatic heterocycles. The number of ether oxygens (including phenoxy) is 1. The van der Waals surface area contributed by atoms with E-state index in [1.807, 2.05) is 56.0 Å². The molecule has 2 aliphatic heterocycles. The molecule has 2 saturated carbocycles. The topological polar surface area (TPSA) is 112 Å². The quantitative estimate of drug-likeness (QED) is 0.340. The van der Waals surface area contributed by atoms with E-state index in [2.05, 4.69) is 6.92 Å². The number of likely N-dealkylation sites (tertiary alicyclic amines) is 1. The molecule has 2 aromatic rings. The third kappa shape index (κ3) is 8.42. The van der Waals surface area contributed by atoms with Crippen LogP contribution in [0.15, 0.2) is 47.4 Å². The third-order valence-electron chi connectivity index (χ3n) is 12.3. The number of nitrogens with zero attached hydrogens (tertiary/aromatic N) is 4. The van der Waals surface area contributed by atoms with Gasteiger partial charge in [0.2, 0.25) is 5.91 Å². The maximum Gasteiger partial charge on any atom is 0.410 e. The van der Waals surface area contributed by atoms with Gasteiger partial charge in [-0.05, 0) is 57.9 Å². The van der Waals surface area contributed by atoms with Crippen molar-refractivity contribution in [2.24, 2.45) is 17.3 Å². The van der Waals surface area contributed by atoms with Gasteiger partial charge in [-0.15, -0.1) is 0 Å². The van der Waals surface area contributed by atoms with Crippen LogP contribution in [0.5, 0.6) is 0 Å². The lowest BCUT2D eigenvalue weighted by Crippen LogP contribution is -2.64. The fraction of sp³-hybridized carbons (Fsp3) is 0.667. The average molecular weight is 717 g/mol. The molecule has 4 aliphatic rings. The van der Waals surface area contributed by atoms with E-state index in [1.165, 1.54) is 42.7 Å². The Morgan fingerprint density at radius 2 is 1.50 bits per heavy atom. The first-order chi connectivity index (χ1) is 24.8. The van der Waals surface area contributed by atoms with Crippen LogP contribution in [0.2, 0.25) is 0 Å². The predicted molar refractivity (Wildman–Crippen MR) is 202 cm³/mol. The van der Waals surface area contributed by atoms with Gasteiger partial charge >= 0.3 is 6.09 Å². The van der Waals surface area contributed by atoms with Crippen LogP contribution in [0.3, 0.4) is 0 Å². The molecule has 1 spiro atoms. The molecule has 1 aromatic carbocycles. The van der Waals surface area contributed by atoms with Gasteiger partial charge in [-0.3, -0.25) is 14.4 Å². The lowest BCUT2D eigenvalue weighted by atomic mass is 9.59. The van der Waals surface area contributed by atoms with E-state index < -0.39 is 22.7 Å². The molecule has 2 aliphatic carbocycles. The molecule has 1 N–H and O–H groups in total. The van der Waals surface area contributed by atoms with Gasteiger partial charge in [-0.25, -0.2) is 4.79 Å². The van der Waals surface area contributed by atoms with Gasteiger partial charge in [-0.2, -0.15) is 0 Å². The summed E-state index contributed by atoms with van der Waals surface area (Å²) in [4.78, 5) is 60.3. The standard InChI is InChI=1S/C42H60N4O6/c1-31(26-32-14-8-5-9-15-32)37(48)45-21-20-42(51,41(29-45)18-12-7-13-19-41)30-46-28-35(34(27-36(46)47)33-16-10-6-11-17-33)38(49)43-22-24-44(25-23-43)39(50)52-40(2,3)4/h6,10-11,16-17,27-28,31-32,51H,5,7-9,12-15,18-26,29-30H2,1-4H3. The zero-order chi connectivity index (χ0) is 37.1. The Bertz CT molecular complexity index is 1630. The highest BCUT2D eigenvalue weighted by Crippen LogP contribution is 2.50. The lowest BCUT2D eigenvalue weighted by Gasteiger charge is -2.56. The SMILES string of the molecule is CC(CC1CCCCC1)C(=O)N1CCC(O)(Cn2cc(C(=O)N3CCN(C(=O)OC(C)(C)C)CC3)c(-c3ccccc3)cc2=O)C2(CCCCC2)C1. The molecule has 2 saturated heterocycles. The number of piperazine rings is 1. The van der Waals surface area contributed by atoms with Crippen molar-refractivity contribution < 1.29 is 24.2 Å². The van der Waals surface area contributed by atoms with Gasteiger partial charge in [0.05, 0.1) is 17.7 Å². The first-order valence-corrected chi connectivity index (χ1v) is 19.9. The highest BCUT2D eigenvalue weighted by Gasteiger charge is 2.55. The molecule has 4 fully saturated rings. The first-order valence-electron chi connectivity index (χ1n) is 19.9. The van der Waals surface area contributed by atoms with Crippen molar-refractivity contribution >= 4 is 17.9 Å². The number of benzene rings is 1. The summed E-state index contributed by atoms with van der Waals surface area (Å²) in [5, 5.41) is 12.7. The van der Waals surface area contributed by atoms with Crippen molar-refractivity contribution in [3.05, 3.63) is 58.5 Å². The summed E-state index contributed by atoms with van der Waals surface area (Å²) < 4.78 is 7.09. The van der Waals surface area contributed by atoms with Crippen LogP contribution in [0.25, 0.3) is 11.1 Å². The van der Waals surface area contributed by atoms with Crippen molar-refractivity contribution in [1.29, 1.82) is 0 Å². The third-order valence-corrected chi connectivity index (χ3v) is 12.3. The van der Waals surface area contributed by atoms with Gasteiger partial charge in [0.25, 0.3) is 11.5 Å². The molecule has 284 valence electrons. The van der Waals surface area contributed by atoms with E-state index in [1.54, 1.807) is 16.0 Å². The van der Waals surface area contributed by atoms with E-state index in [0.717, 1.165) is 44.1 Å². The largest absolute Gasteiger partial charge is 0.444 e. The smallest absolute Gasteiger partial charge is 0.410 e. The number of hydrogen-bond acceptors (Lipinski definition) is 6. The number of aliphatic hydroxyl groups is 1. The Labute approximate surface area is 309 Å². The first kappa shape index (κ1) is 38.1. The van der Waals surface area contributed by atoms with Crippen molar-refractivity contribution in [3.8, 4) is 11.1 Å². The second kappa shape index (κ2) is 15.7. The van der Waals surface area contributed by atoms with Crippen LogP contribution in [0.1, 0.15) is 115 Å². The Balaban J connectivity index is 1.24. The fourth-order valence-electron chi connectivity index (χ4n) is 9.39. The molecule has 2 unspecified atom stereocenters. The zero-order valence-electron chi connectivity index (χ0n) is 31.9. The number of hydrogen-bond donors (Lipinski definition) is 1. The number of amides is 3. The number of pyridine rings is 1. The molecule has 10 heteroatoms. The van der Waals surface area contributed by atoms with Crippen LogP contribution < -0.4 is 5.56 Å². The molecule has 10 nitrogen and oxygen atoms in total. The molecule has 3 amide bonds. The second-order valence-corrected chi connectivity index (χ2v) is 17.2. The summed E-state index contributed by atoms with van der Waals surface area (Å²) in [5.41, 5.74) is -0.919. The number of carbonyl (C=O) groups is 3. The predicted octanol–water partition coefficient (Wildman–Crippen LogP) is 6.73. The maximum atomic E-state index is 14.3. The van der Waals surface area contributed by atoms with E-state index in [9.17, 15) is 24.3 Å². The van der Waals surface area contributed by atoms with Crippen molar-refractivity contribution in [2.75, 3.05) is 39.3 Å². The number of rotatable bonds is 7. The molecule has 6 rings (SSSR count). The molecule has 3 heterocycles. The minimum atomic E-state index is -1.21. The maximum absolute atomic E-state index is 14.3. The van der Waals surface area contributed by atoms with Crippen LogP contribution >= 0.6 is 0 Å². The van der Waals surface area contributed by atoms with Gasteiger partial charge in [-0.1, -0.05) is 88.6 Å². The van der Waals surface area contributed by atoms with E-state index in [4.69, 9.17) is 4.74 Å². The van der Waals surface area contributed by atoms with Gasteiger partial charge < -0.3 is 29.1 Å². The zero-order valence-corrected chi connectivity index (χ0v) is 31.9. The Hall–Kier alpha value is -3.66. The Morgan fingerprint density at radius 1 is 0.865 bits per heavy atom. The van der Waals surface area contributed by atoms with Crippen LogP contribution in [0, 0.1) is 17.3 Å². The summed E-state index contributed by atoms with van der Waals surface area (Å²) in [7, 11) is 0. The lowest BCUT2D eigenvalue weighted by molar-refractivity contribution is -0.173. The summed E-state index contributed by atoms with van der Waals surface area (Å²) in [6, 6.07) is 11.0. The number of piperidine rings is 1. The molecular weight excluding hydrogens is 656 g/mol. The van der Waals surface area contributed by atoms with E-state index in [0.29, 0.717) is 62.7 Å². The van der Waals surface area contributed by atoms with Crippen LogP contribution in [-0.2, 0) is 16.1 Å². The molecule has 0 radical (unpaired) electrons. The molecule has 2 atom stereocenters. The monoisotopic (exact) mass is 716 g/mol. The van der Waals surface area contributed by atoms with E-state index >= 15 is 0 Å². The average Bonchev–Trinajstić information content (AvgIpc) is 3.13. The second-order valence-electron chi connectivity index (χ2n) is 17.2. The minimum absolute atomic E-state index is 0.0392. The van der Waals surface area contributed by atoms with Crippen molar-refractivity contribution in [3.63, 3.8) is 0 Å². The fourth-order valence-corrected chi connectivity index (χ4v) is 9.39. The summed E-state index contributed by atoms with van der Waals surface area (Å²) in [6.45, 7) is 9.96. The summed E-state index contributed by atoms with van der Waals surface area (Å²) in [6.07, 6.45) is 13.5. The van der Waals surface area contributed by atoms with Gasteiger partial charge in [0, 0.05) is 68.4 Å².